The van der Waals surface area contributed by atoms with Gasteiger partial charge in [-0.05, 0) is 13.3 Å². The van der Waals surface area contributed by atoms with Gasteiger partial charge >= 0.3 is 0 Å². The Kier molecular flexibility index (Phi) is 3.01. The Morgan fingerprint density at radius 2 is 2.10 bits per heavy atom. The molecule has 1 heterocycles. The third kappa shape index (κ3) is 2.15. The number of nitrogens with one attached hydrogen (secondary N) is 2. The van der Waals surface area contributed by atoms with Gasteiger partial charge in [0.1, 0.15) is 0 Å². The van der Waals surface area contributed by atoms with Crippen molar-refractivity contribution in [2.75, 3.05) is 13.1 Å². The van der Waals surface area contributed by atoms with Gasteiger partial charge in [-0.3, -0.25) is 10.6 Å². The molecule has 60 valence electrons. The highest BCUT2D eigenvalue weighted by Crippen LogP contribution is 2.16. The molecule has 0 aromatic carbocycles. The summed E-state index contributed by atoms with van der Waals surface area (Å²) in [6.45, 7) is 3.75. The van der Waals surface area contributed by atoms with Crippen molar-refractivity contribution in [3.63, 3.8) is 0 Å². The lowest BCUT2D eigenvalue weighted by Gasteiger charge is -2.34. The molecule has 10 heavy (non-hydrogen) atoms. The summed E-state index contributed by atoms with van der Waals surface area (Å²) < 4.78 is 5.03. The van der Waals surface area contributed by atoms with Gasteiger partial charge in [-0.1, -0.05) is 0 Å². The van der Waals surface area contributed by atoms with E-state index in [2.05, 4.69) is 10.6 Å². The molecule has 0 aromatic rings. The molecule has 0 spiro atoms. The van der Waals surface area contributed by atoms with Crippen LogP contribution in [0.2, 0.25) is 0 Å². The molecule has 0 radical (unpaired) electrons. The van der Waals surface area contributed by atoms with E-state index in [1.807, 2.05) is 6.92 Å². The van der Waals surface area contributed by atoms with Crippen LogP contribution in [0.3, 0.4) is 0 Å². The lowest BCUT2D eigenvalue weighted by molar-refractivity contribution is 0.00978. The van der Waals surface area contributed by atoms with Crippen molar-refractivity contribution in [3.8, 4) is 0 Å². The van der Waals surface area contributed by atoms with Crippen LogP contribution in [0.4, 0.5) is 0 Å². The van der Waals surface area contributed by atoms with Crippen LogP contribution in [-0.2, 0) is 4.52 Å². The molecule has 1 fully saturated rings. The van der Waals surface area contributed by atoms with Crippen LogP contribution >= 0.6 is 9.03 Å². The van der Waals surface area contributed by atoms with Gasteiger partial charge in [0.2, 0.25) is 0 Å². The van der Waals surface area contributed by atoms with Crippen LogP contribution in [-0.4, -0.2) is 23.8 Å². The Labute approximate surface area is 62.3 Å². The molecule has 1 atom stereocenters. The highest BCUT2D eigenvalue weighted by atomic mass is 31.1. The molecule has 1 rings (SSSR count). The van der Waals surface area contributed by atoms with Crippen molar-refractivity contribution in [1.82, 2.24) is 10.6 Å². The van der Waals surface area contributed by atoms with E-state index in [9.17, 15) is 0 Å². The van der Waals surface area contributed by atoms with Gasteiger partial charge in [-0.15, -0.1) is 0 Å². The van der Waals surface area contributed by atoms with Crippen LogP contribution in [0.15, 0.2) is 0 Å². The zero-order valence-electron chi connectivity index (χ0n) is 5.98. The van der Waals surface area contributed by atoms with Crippen molar-refractivity contribution >= 4 is 9.03 Å². The minimum absolute atomic E-state index is 0.465. The molecule has 3 N–H and O–H groups in total. The van der Waals surface area contributed by atoms with Crippen molar-refractivity contribution in [2.45, 2.75) is 19.2 Å². The highest BCUT2D eigenvalue weighted by Gasteiger charge is 2.25. The molecule has 1 aliphatic rings. The van der Waals surface area contributed by atoms with Crippen molar-refractivity contribution in [2.24, 2.45) is 0 Å². The van der Waals surface area contributed by atoms with Gasteiger partial charge in [0, 0.05) is 13.1 Å². The van der Waals surface area contributed by atoms with E-state index in [0.29, 0.717) is 0 Å². The number of hydrogen-bond acceptors (Lipinski definition) is 4. The smallest absolute Gasteiger partial charge is 0.178 e. The molecular weight excluding hydrogens is 151 g/mol. The Hall–Kier alpha value is 0.270. The summed E-state index contributed by atoms with van der Waals surface area (Å²) in [5.74, 6) is -0.508. The largest absolute Gasteiger partial charge is 0.352 e. The van der Waals surface area contributed by atoms with Crippen molar-refractivity contribution < 1.29 is 9.42 Å². The minimum atomic E-state index is -0.508. The summed E-state index contributed by atoms with van der Waals surface area (Å²) in [5.41, 5.74) is 0. The summed E-state index contributed by atoms with van der Waals surface area (Å²) in [5, 5.41) is 6.22. The highest BCUT2D eigenvalue weighted by molar-refractivity contribution is 7.25. The van der Waals surface area contributed by atoms with Gasteiger partial charge in [-0.25, -0.2) is 0 Å². The summed E-state index contributed by atoms with van der Waals surface area (Å²) in [6.07, 6.45) is 1.10. The average molecular weight is 164 g/mol. The Balaban J connectivity index is 2.32. The van der Waals surface area contributed by atoms with Gasteiger partial charge < -0.3 is 9.42 Å². The zero-order valence-corrected chi connectivity index (χ0v) is 6.98. The minimum Gasteiger partial charge on any atom is -0.352 e. The normalized spacial score (nSPS) is 25.8. The number of hydrogen-bond donors (Lipinski definition) is 3. The molecule has 5 heteroatoms. The average Bonchev–Trinajstić information content (AvgIpc) is 1.89. The maximum absolute atomic E-state index is 8.51. The first-order valence-corrected chi connectivity index (χ1v) is 4.19. The first-order chi connectivity index (χ1) is 4.77. The first kappa shape index (κ1) is 8.37. The molecule has 0 aromatic heterocycles. The molecular formula is C5H13N2O2P. The number of rotatable bonds is 2. The van der Waals surface area contributed by atoms with E-state index in [1.165, 1.54) is 0 Å². The maximum atomic E-state index is 8.51. The molecule has 1 aliphatic heterocycles. The topological polar surface area (TPSA) is 53.5 Å². The Morgan fingerprint density at radius 1 is 1.50 bits per heavy atom. The summed E-state index contributed by atoms with van der Waals surface area (Å²) >= 11 is 0. The maximum Gasteiger partial charge on any atom is 0.178 e. The summed E-state index contributed by atoms with van der Waals surface area (Å²) in [7, 11) is -0.465. The quantitative estimate of drug-likeness (QED) is 0.493. The molecule has 0 aliphatic carbocycles. The third-order valence-electron chi connectivity index (χ3n) is 1.53. The Bertz CT molecular complexity index is 100. The Morgan fingerprint density at radius 3 is 2.60 bits per heavy atom. The van der Waals surface area contributed by atoms with E-state index in [0.717, 1.165) is 19.5 Å². The molecule has 4 nitrogen and oxygen atoms in total. The predicted octanol–water partition coefficient (Wildman–Crippen LogP) is -0.240. The fourth-order valence-corrected chi connectivity index (χ4v) is 1.30. The standard InChI is InChI=1S/C5H13N2O2P/c1-5(9-10-8)6-3-2-4-7-5/h6-8,10H,2-4H2,1H3. The van der Waals surface area contributed by atoms with E-state index >= 15 is 0 Å². The predicted molar refractivity (Wildman–Crippen MR) is 40.6 cm³/mol. The van der Waals surface area contributed by atoms with Crippen LogP contribution in [0.1, 0.15) is 13.3 Å². The first-order valence-electron chi connectivity index (χ1n) is 3.34. The van der Waals surface area contributed by atoms with E-state index in [-0.39, 0.29) is 0 Å². The van der Waals surface area contributed by atoms with Crippen molar-refractivity contribution in [1.29, 1.82) is 0 Å². The summed E-state index contributed by atoms with van der Waals surface area (Å²) in [6, 6.07) is 0. The van der Waals surface area contributed by atoms with E-state index in [1.54, 1.807) is 0 Å². The zero-order chi connectivity index (χ0) is 7.45. The lowest BCUT2D eigenvalue weighted by Crippen LogP contribution is -2.59. The van der Waals surface area contributed by atoms with Crippen molar-refractivity contribution in [3.05, 3.63) is 0 Å². The van der Waals surface area contributed by atoms with Gasteiger partial charge in [0.05, 0.1) is 0 Å². The van der Waals surface area contributed by atoms with E-state index in [4.69, 9.17) is 9.42 Å². The molecule has 1 unspecified atom stereocenters. The molecule has 1 saturated heterocycles. The van der Waals surface area contributed by atoms with Gasteiger partial charge in [0.15, 0.2) is 14.9 Å². The van der Waals surface area contributed by atoms with Gasteiger partial charge in [0.25, 0.3) is 0 Å². The molecule has 0 bridgehead atoms. The SMILES string of the molecule is CC1(OPO)NCCCN1. The van der Waals surface area contributed by atoms with Crippen LogP contribution in [0.25, 0.3) is 0 Å². The fourth-order valence-electron chi connectivity index (χ4n) is 0.968. The van der Waals surface area contributed by atoms with Crippen LogP contribution < -0.4 is 10.6 Å². The molecule has 0 saturated carbocycles. The van der Waals surface area contributed by atoms with Crippen LogP contribution in [0, 0.1) is 0 Å². The third-order valence-corrected chi connectivity index (χ3v) is 2.03. The fraction of sp³-hybridized carbons (Fsp3) is 1.00. The lowest BCUT2D eigenvalue weighted by atomic mass is 10.3. The second-order valence-corrected chi connectivity index (χ2v) is 2.82. The molecule has 0 amide bonds. The second kappa shape index (κ2) is 3.60. The van der Waals surface area contributed by atoms with E-state index < -0.39 is 14.9 Å². The van der Waals surface area contributed by atoms with Crippen LogP contribution in [0.5, 0.6) is 0 Å². The van der Waals surface area contributed by atoms with Gasteiger partial charge in [-0.2, -0.15) is 0 Å². The summed E-state index contributed by atoms with van der Waals surface area (Å²) in [4.78, 5) is 8.51. The monoisotopic (exact) mass is 164 g/mol. The second-order valence-electron chi connectivity index (χ2n) is 2.43.